The van der Waals surface area contributed by atoms with Crippen molar-refractivity contribution in [2.45, 2.75) is 19.4 Å². The maximum absolute atomic E-state index is 6.18. The van der Waals surface area contributed by atoms with Crippen LogP contribution in [0.1, 0.15) is 22.7 Å². The summed E-state index contributed by atoms with van der Waals surface area (Å²) < 4.78 is 0. The number of halogens is 1. The molecule has 1 aromatic carbocycles. The van der Waals surface area contributed by atoms with Gasteiger partial charge in [0.1, 0.15) is 0 Å². The first-order valence-electron chi connectivity index (χ1n) is 5.19. The third-order valence-electron chi connectivity index (χ3n) is 2.66. The summed E-state index contributed by atoms with van der Waals surface area (Å²) in [6.07, 6.45) is 0.856. The van der Waals surface area contributed by atoms with E-state index in [4.69, 9.17) is 17.3 Å². The van der Waals surface area contributed by atoms with Crippen LogP contribution < -0.4 is 5.73 Å². The predicted molar refractivity (Wildman–Crippen MR) is 71.1 cm³/mol. The molecule has 0 aliphatic heterocycles. The highest BCUT2D eigenvalue weighted by Gasteiger charge is 2.10. The lowest BCUT2D eigenvalue weighted by Gasteiger charge is -2.11. The van der Waals surface area contributed by atoms with Gasteiger partial charge < -0.3 is 5.73 Å². The number of thiophene rings is 1. The van der Waals surface area contributed by atoms with Crippen molar-refractivity contribution in [2.75, 3.05) is 0 Å². The van der Waals surface area contributed by atoms with Crippen molar-refractivity contribution in [1.82, 2.24) is 0 Å². The van der Waals surface area contributed by atoms with Crippen LogP contribution in [0, 0.1) is 6.92 Å². The molecular weight excluding hydrogens is 238 g/mol. The smallest absolute Gasteiger partial charge is 0.0406 e. The molecule has 0 radical (unpaired) electrons. The molecule has 1 aromatic heterocycles. The van der Waals surface area contributed by atoms with E-state index in [0.717, 1.165) is 11.4 Å². The van der Waals surface area contributed by atoms with Crippen LogP contribution in [0.2, 0.25) is 5.02 Å². The lowest BCUT2D eigenvalue weighted by Crippen LogP contribution is -2.13. The fourth-order valence-electron chi connectivity index (χ4n) is 1.73. The van der Waals surface area contributed by atoms with E-state index in [1.807, 2.05) is 24.3 Å². The third kappa shape index (κ3) is 2.64. The zero-order chi connectivity index (χ0) is 11.5. The van der Waals surface area contributed by atoms with Crippen LogP contribution in [0.15, 0.2) is 35.0 Å². The zero-order valence-corrected chi connectivity index (χ0v) is 10.7. The van der Waals surface area contributed by atoms with E-state index in [9.17, 15) is 0 Å². The van der Waals surface area contributed by atoms with E-state index < -0.39 is 0 Å². The molecule has 16 heavy (non-hydrogen) atoms. The first-order chi connectivity index (χ1) is 7.66. The van der Waals surface area contributed by atoms with Gasteiger partial charge in [-0.15, -0.1) is 0 Å². The largest absolute Gasteiger partial charge is 0.324 e. The maximum Gasteiger partial charge on any atom is 0.0406 e. The monoisotopic (exact) mass is 251 g/mol. The Morgan fingerprint density at radius 3 is 2.50 bits per heavy atom. The van der Waals surface area contributed by atoms with Gasteiger partial charge in [0.15, 0.2) is 0 Å². The Hall–Kier alpha value is -0.830. The Balaban J connectivity index is 2.10. The van der Waals surface area contributed by atoms with Gasteiger partial charge in [0.25, 0.3) is 0 Å². The van der Waals surface area contributed by atoms with Gasteiger partial charge in [0.2, 0.25) is 0 Å². The minimum Gasteiger partial charge on any atom is -0.324 e. The molecule has 1 atom stereocenters. The Morgan fingerprint density at radius 1 is 1.25 bits per heavy atom. The van der Waals surface area contributed by atoms with E-state index in [2.05, 4.69) is 17.7 Å². The van der Waals surface area contributed by atoms with Gasteiger partial charge in [-0.1, -0.05) is 23.7 Å². The Labute approximate surface area is 105 Å². The lowest BCUT2D eigenvalue weighted by molar-refractivity contribution is 0.720. The second-order valence-corrected chi connectivity index (χ2v) is 5.13. The number of rotatable bonds is 3. The summed E-state index contributed by atoms with van der Waals surface area (Å²) in [6, 6.07) is 7.95. The average Bonchev–Trinajstić information content (AvgIpc) is 2.68. The summed E-state index contributed by atoms with van der Waals surface area (Å²) in [4.78, 5) is 0. The third-order valence-corrected chi connectivity index (χ3v) is 3.80. The highest BCUT2D eigenvalue weighted by atomic mass is 35.5. The molecule has 2 aromatic rings. The fraction of sp³-hybridized carbons (Fsp3) is 0.231. The van der Waals surface area contributed by atoms with Crippen molar-refractivity contribution in [3.63, 3.8) is 0 Å². The lowest BCUT2D eigenvalue weighted by atomic mass is 10.00. The average molecular weight is 252 g/mol. The summed E-state index contributed by atoms with van der Waals surface area (Å²) in [6.45, 7) is 2.10. The molecule has 0 saturated carbocycles. The minimum absolute atomic E-state index is 0.0763. The molecule has 0 amide bonds. The van der Waals surface area contributed by atoms with Crippen molar-refractivity contribution in [1.29, 1.82) is 0 Å². The summed E-state index contributed by atoms with van der Waals surface area (Å²) in [7, 11) is 0. The molecule has 0 saturated heterocycles. The Bertz CT molecular complexity index is 461. The number of benzene rings is 1. The van der Waals surface area contributed by atoms with Gasteiger partial charge in [-0.3, -0.25) is 0 Å². The molecule has 0 bridgehead atoms. The molecule has 1 heterocycles. The van der Waals surface area contributed by atoms with Crippen molar-refractivity contribution in [3.05, 3.63) is 56.7 Å². The van der Waals surface area contributed by atoms with E-state index in [0.29, 0.717) is 0 Å². The standard InChI is InChI=1S/C13H14ClNS/c1-9-7-16-8-12(9)13(15)6-10-2-4-11(14)5-3-10/h2-5,7-8,13H,6,15H2,1H3. The quantitative estimate of drug-likeness (QED) is 0.878. The zero-order valence-electron chi connectivity index (χ0n) is 9.11. The van der Waals surface area contributed by atoms with Gasteiger partial charge in [0.05, 0.1) is 0 Å². The topological polar surface area (TPSA) is 26.0 Å². The van der Waals surface area contributed by atoms with E-state index >= 15 is 0 Å². The van der Waals surface area contributed by atoms with Crippen LogP contribution in [0.4, 0.5) is 0 Å². The molecule has 0 aliphatic carbocycles. The first-order valence-corrected chi connectivity index (χ1v) is 6.51. The molecular formula is C13H14ClNS. The Morgan fingerprint density at radius 2 is 1.94 bits per heavy atom. The van der Waals surface area contributed by atoms with Gasteiger partial charge in [-0.2, -0.15) is 11.3 Å². The van der Waals surface area contributed by atoms with Gasteiger partial charge >= 0.3 is 0 Å². The molecule has 1 unspecified atom stereocenters. The highest BCUT2D eigenvalue weighted by molar-refractivity contribution is 7.08. The SMILES string of the molecule is Cc1cscc1C(N)Cc1ccc(Cl)cc1. The second-order valence-electron chi connectivity index (χ2n) is 3.95. The molecule has 1 nitrogen and oxygen atoms in total. The summed E-state index contributed by atoms with van der Waals surface area (Å²) in [5.74, 6) is 0. The molecule has 0 fully saturated rings. The van der Waals surface area contributed by atoms with Crippen LogP contribution in [0.5, 0.6) is 0 Å². The van der Waals surface area contributed by atoms with Gasteiger partial charge in [0, 0.05) is 11.1 Å². The molecule has 84 valence electrons. The van der Waals surface area contributed by atoms with Crippen molar-refractivity contribution >= 4 is 22.9 Å². The van der Waals surface area contributed by atoms with Crippen LogP contribution in [0.25, 0.3) is 0 Å². The minimum atomic E-state index is 0.0763. The summed E-state index contributed by atoms with van der Waals surface area (Å²) >= 11 is 7.55. The number of aryl methyl sites for hydroxylation is 1. The number of hydrogen-bond donors (Lipinski definition) is 1. The van der Waals surface area contributed by atoms with Crippen LogP contribution in [-0.4, -0.2) is 0 Å². The molecule has 2 rings (SSSR count). The normalized spacial score (nSPS) is 12.7. The molecule has 2 N–H and O–H groups in total. The highest BCUT2D eigenvalue weighted by Crippen LogP contribution is 2.23. The van der Waals surface area contributed by atoms with Crippen LogP contribution >= 0.6 is 22.9 Å². The van der Waals surface area contributed by atoms with Crippen molar-refractivity contribution in [2.24, 2.45) is 5.73 Å². The van der Waals surface area contributed by atoms with E-state index in [-0.39, 0.29) is 6.04 Å². The number of hydrogen-bond acceptors (Lipinski definition) is 2. The number of nitrogens with two attached hydrogens (primary N) is 1. The van der Waals surface area contributed by atoms with E-state index in [1.54, 1.807) is 11.3 Å². The predicted octanol–water partition coefficient (Wildman–Crippen LogP) is 3.95. The molecule has 0 aliphatic rings. The maximum atomic E-state index is 6.18. The molecule has 0 spiro atoms. The van der Waals surface area contributed by atoms with Crippen LogP contribution in [0.3, 0.4) is 0 Å². The second kappa shape index (κ2) is 5.00. The van der Waals surface area contributed by atoms with Crippen LogP contribution in [-0.2, 0) is 6.42 Å². The fourth-order valence-corrected chi connectivity index (χ4v) is 2.78. The van der Waals surface area contributed by atoms with Crippen molar-refractivity contribution < 1.29 is 0 Å². The first kappa shape index (κ1) is 11.6. The molecule has 3 heteroatoms. The van der Waals surface area contributed by atoms with E-state index in [1.165, 1.54) is 16.7 Å². The Kier molecular flexibility index (Phi) is 3.64. The van der Waals surface area contributed by atoms with Crippen molar-refractivity contribution in [3.8, 4) is 0 Å². The van der Waals surface area contributed by atoms with Gasteiger partial charge in [-0.05, 0) is 52.9 Å². The van der Waals surface area contributed by atoms with Gasteiger partial charge in [-0.25, -0.2) is 0 Å². The summed E-state index contributed by atoms with van der Waals surface area (Å²) in [5.41, 5.74) is 9.94. The summed E-state index contributed by atoms with van der Waals surface area (Å²) in [5, 5.41) is 5.04.